The smallest absolute Gasteiger partial charge is 0.191 e. The van der Waals surface area contributed by atoms with Gasteiger partial charge in [-0.3, -0.25) is 4.99 Å². The Morgan fingerprint density at radius 1 is 1.31 bits per heavy atom. The SMILES string of the molecule is CC(C)(C)CCCN=C(N)N1CCOCC1. The molecule has 2 N–H and O–H groups in total. The molecule has 4 nitrogen and oxygen atoms in total. The Balaban J connectivity index is 2.22. The number of guanidine groups is 1. The second kappa shape index (κ2) is 6.09. The van der Waals surface area contributed by atoms with E-state index in [0.717, 1.165) is 39.3 Å². The van der Waals surface area contributed by atoms with Gasteiger partial charge in [-0.05, 0) is 18.3 Å². The van der Waals surface area contributed by atoms with Crippen molar-refractivity contribution in [3.63, 3.8) is 0 Å². The second-order valence-corrected chi connectivity index (χ2v) is 5.50. The van der Waals surface area contributed by atoms with Crippen LogP contribution in [-0.4, -0.2) is 43.7 Å². The Hall–Kier alpha value is -0.770. The predicted octanol–water partition coefficient (Wildman–Crippen LogP) is 1.46. The zero-order valence-corrected chi connectivity index (χ0v) is 10.8. The Kier molecular flexibility index (Phi) is 5.06. The van der Waals surface area contributed by atoms with Crippen LogP contribution in [0, 0.1) is 5.41 Å². The van der Waals surface area contributed by atoms with Gasteiger partial charge in [0.15, 0.2) is 5.96 Å². The van der Waals surface area contributed by atoms with Gasteiger partial charge in [0.05, 0.1) is 13.2 Å². The average Bonchev–Trinajstić information content (AvgIpc) is 2.24. The van der Waals surface area contributed by atoms with E-state index in [2.05, 4.69) is 30.7 Å². The monoisotopic (exact) mass is 227 g/mol. The summed E-state index contributed by atoms with van der Waals surface area (Å²) in [5.41, 5.74) is 6.31. The van der Waals surface area contributed by atoms with Crippen LogP contribution in [-0.2, 0) is 4.74 Å². The number of rotatable bonds is 3. The molecule has 94 valence electrons. The standard InChI is InChI=1S/C12H25N3O/c1-12(2,3)5-4-6-14-11(13)15-7-9-16-10-8-15/h4-10H2,1-3H3,(H2,13,14). The summed E-state index contributed by atoms with van der Waals surface area (Å²) in [4.78, 5) is 6.51. The number of ether oxygens (including phenoxy) is 1. The fourth-order valence-corrected chi connectivity index (χ4v) is 1.70. The lowest BCUT2D eigenvalue weighted by Crippen LogP contribution is -2.44. The third-order valence-electron chi connectivity index (χ3n) is 2.69. The first-order valence-corrected chi connectivity index (χ1v) is 6.12. The van der Waals surface area contributed by atoms with Gasteiger partial charge < -0.3 is 15.4 Å². The maximum absolute atomic E-state index is 5.92. The van der Waals surface area contributed by atoms with E-state index in [0.29, 0.717) is 11.4 Å². The maximum atomic E-state index is 5.92. The van der Waals surface area contributed by atoms with Gasteiger partial charge in [-0.25, -0.2) is 0 Å². The minimum absolute atomic E-state index is 0.392. The third kappa shape index (κ3) is 5.35. The molecule has 0 atom stereocenters. The largest absolute Gasteiger partial charge is 0.378 e. The van der Waals surface area contributed by atoms with Crippen LogP contribution in [0.4, 0.5) is 0 Å². The first kappa shape index (κ1) is 13.3. The molecular weight excluding hydrogens is 202 g/mol. The number of morpholine rings is 1. The lowest BCUT2D eigenvalue weighted by molar-refractivity contribution is 0.0674. The molecule has 0 aromatic rings. The highest BCUT2D eigenvalue weighted by molar-refractivity contribution is 5.78. The Morgan fingerprint density at radius 2 is 1.94 bits per heavy atom. The van der Waals surface area contributed by atoms with E-state index in [-0.39, 0.29) is 0 Å². The molecular formula is C12H25N3O. The molecule has 0 aliphatic carbocycles. The average molecular weight is 227 g/mol. The van der Waals surface area contributed by atoms with E-state index < -0.39 is 0 Å². The minimum atomic E-state index is 0.392. The third-order valence-corrected chi connectivity index (χ3v) is 2.69. The lowest BCUT2D eigenvalue weighted by Gasteiger charge is -2.27. The number of hydrogen-bond donors (Lipinski definition) is 1. The van der Waals surface area contributed by atoms with Crippen molar-refractivity contribution in [3.05, 3.63) is 0 Å². The van der Waals surface area contributed by atoms with Gasteiger partial charge in [0.25, 0.3) is 0 Å². The van der Waals surface area contributed by atoms with E-state index in [1.807, 2.05) is 0 Å². The molecule has 0 aromatic heterocycles. The molecule has 0 aromatic carbocycles. The highest BCUT2D eigenvalue weighted by atomic mass is 16.5. The molecule has 1 saturated heterocycles. The fraction of sp³-hybridized carbons (Fsp3) is 0.917. The number of aliphatic imine (C=N–C) groups is 1. The van der Waals surface area contributed by atoms with Gasteiger partial charge in [-0.15, -0.1) is 0 Å². The summed E-state index contributed by atoms with van der Waals surface area (Å²) in [7, 11) is 0. The summed E-state index contributed by atoms with van der Waals surface area (Å²) in [5, 5.41) is 0. The van der Waals surface area contributed by atoms with Gasteiger partial charge in [0.2, 0.25) is 0 Å². The van der Waals surface area contributed by atoms with Crippen molar-refractivity contribution in [2.24, 2.45) is 16.1 Å². The highest BCUT2D eigenvalue weighted by Crippen LogP contribution is 2.20. The van der Waals surface area contributed by atoms with Crippen LogP contribution >= 0.6 is 0 Å². The molecule has 4 heteroatoms. The Labute approximate surface area is 98.9 Å². The summed E-state index contributed by atoms with van der Waals surface area (Å²) < 4.78 is 5.27. The van der Waals surface area contributed by atoms with Crippen molar-refractivity contribution >= 4 is 5.96 Å². The predicted molar refractivity (Wildman–Crippen MR) is 67.6 cm³/mol. The van der Waals surface area contributed by atoms with Crippen LogP contribution in [0.3, 0.4) is 0 Å². The molecule has 1 aliphatic heterocycles. The number of hydrogen-bond acceptors (Lipinski definition) is 2. The van der Waals surface area contributed by atoms with Gasteiger partial charge in [0, 0.05) is 19.6 Å². The molecule has 1 fully saturated rings. The van der Waals surface area contributed by atoms with Crippen LogP contribution in [0.1, 0.15) is 33.6 Å². The minimum Gasteiger partial charge on any atom is -0.378 e. The molecule has 0 unspecified atom stereocenters. The molecule has 0 spiro atoms. The van der Waals surface area contributed by atoms with Crippen LogP contribution in [0.15, 0.2) is 4.99 Å². The van der Waals surface area contributed by atoms with E-state index in [4.69, 9.17) is 10.5 Å². The molecule has 0 bridgehead atoms. The van der Waals surface area contributed by atoms with Crippen molar-refractivity contribution < 1.29 is 4.74 Å². The van der Waals surface area contributed by atoms with Crippen LogP contribution < -0.4 is 5.73 Å². The first-order chi connectivity index (χ1) is 7.49. The molecule has 1 rings (SSSR count). The first-order valence-electron chi connectivity index (χ1n) is 6.12. The van der Waals surface area contributed by atoms with Crippen molar-refractivity contribution in [2.45, 2.75) is 33.6 Å². The quantitative estimate of drug-likeness (QED) is 0.451. The van der Waals surface area contributed by atoms with Crippen LogP contribution in [0.2, 0.25) is 0 Å². The summed E-state index contributed by atoms with van der Waals surface area (Å²) in [6.45, 7) is 10.9. The van der Waals surface area contributed by atoms with Crippen LogP contribution in [0.25, 0.3) is 0 Å². The van der Waals surface area contributed by atoms with Crippen molar-refractivity contribution in [2.75, 3.05) is 32.8 Å². The van der Waals surface area contributed by atoms with Crippen LogP contribution in [0.5, 0.6) is 0 Å². The van der Waals surface area contributed by atoms with E-state index in [9.17, 15) is 0 Å². The number of nitrogens with two attached hydrogens (primary N) is 1. The van der Waals surface area contributed by atoms with E-state index in [1.165, 1.54) is 6.42 Å². The van der Waals surface area contributed by atoms with Gasteiger partial charge >= 0.3 is 0 Å². The zero-order chi connectivity index (χ0) is 12.0. The summed E-state index contributed by atoms with van der Waals surface area (Å²) in [6.07, 6.45) is 2.29. The normalized spacial score (nSPS) is 18.9. The zero-order valence-electron chi connectivity index (χ0n) is 10.8. The highest BCUT2D eigenvalue weighted by Gasteiger charge is 2.12. The topological polar surface area (TPSA) is 50.8 Å². The Bertz CT molecular complexity index is 227. The fourth-order valence-electron chi connectivity index (χ4n) is 1.70. The van der Waals surface area contributed by atoms with E-state index in [1.54, 1.807) is 0 Å². The molecule has 16 heavy (non-hydrogen) atoms. The molecule has 0 amide bonds. The van der Waals surface area contributed by atoms with Crippen molar-refractivity contribution in [1.82, 2.24) is 4.90 Å². The second-order valence-electron chi connectivity index (χ2n) is 5.50. The number of nitrogens with zero attached hydrogens (tertiary/aromatic N) is 2. The molecule has 1 heterocycles. The summed E-state index contributed by atoms with van der Waals surface area (Å²) in [6, 6.07) is 0. The summed E-state index contributed by atoms with van der Waals surface area (Å²) in [5.74, 6) is 0.678. The molecule has 0 saturated carbocycles. The van der Waals surface area contributed by atoms with Crippen molar-refractivity contribution in [3.8, 4) is 0 Å². The molecule has 0 radical (unpaired) electrons. The van der Waals surface area contributed by atoms with Gasteiger partial charge in [-0.2, -0.15) is 0 Å². The maximum Gasteiger partial charge on any atom is 0.191 e. The van der Waals surface area contributed by atoms with Gasteiger partial charge in [-0.1, -0.05) is 20.8 Å². The Morgan fingerprint density at radius 3 is 2.50 bits per heavy atom. The van der Waals surface area contributed by atoms with Crippen molar-refractivity contribution in [1.29, 1.82) is 0 Å². The molecule has 1 aliphatic rings. The lowest BCUT2D eigenvalue weighted by atomic mass is 9.91. The van der Waals surface area contributed by atoms with E-state index >= 15 is 0 Å². The summed E-state index contributed by atoms with van der Waals surface area (Å²) >= 11 is 0. The van der Waals surface area contributed by atoms with Gasteiger partial charge in [0.1, 0.15) is 0 Å².